The second-order valence-corrected chi connectivity index (χ2v) is 4.00. The molecule has 1 N–H and O–H groups in total. The topological polar surface area (TPSA) is 63.6 Å². The summed E-state index contributed by atoms with van der Waals surface area (Å²) in [5.74, 6) is -0.819. The molecule has 0 saturated heterocycles. The zero-order chi connectivity index (χ0) is 10.7. The van der Waals surface area contributed by atoms with E-state index in [9.17, 15) is 9.00 Å². The molecule has 1 aromatic carbocycles. The summed E-state index contributed by atoms with van der Waals surface area (Å²) in [6.07, 6.45) is 1.49. The predicted octanol–water partition coefficient (Wildman–Crippen LogP) is 1.13. The van der Waals surface area contributed by atoms with E-state index in [4.69, 9.17) is 9.84 Å². The van der Waals surface area contributed by atoms with Crippen LogP contribution >= 0.6 is 0 Å². The first-order valence-corrected chi connectivity index (χ1v) is 5.37. The Morgan fingerprint density at radius 1 is 1.50 bits per heavy atom. The minimum atomic E-state index is -1.18. The number of aromatic carboxylic acids is 1. The fraction of sp³-hybridized carbons (Fsp3) is 0.222. The molecule has 0 spiro atoms. The van der Waals surface area contributed by atoms with E-state index in [-0.39, 0.29) is 11.3 Å². The lowest BCUT2D eigenvalue weighted by atomic mass is 10.2. The zero-order valence-corrected chi connectivity index (χ0v) is 8.63. The van der Waals surface area contributed by atoms with Gasteiger partial charge in [0, 0.05) is 22.0 Å². The van der Waals surface area contributed by atoms with E-state index in [2.05, 4.69) is 0 Å². The molecule has 0 amide bonds. The quantitative estimate of drug-likeness (QED) is 0.819. The third kappa shape index (κ3) is 2.11. The van der Waals surface area contributed by atoms with Crippen LogP contribution < -0.4 is 4.74 Å². The number of methoxy groups -OCH3 is 1. The SMILES string of the molecule is COc1ccc([S@](C)=O)cc1C(=O)O. The summed E-state index contributed by atoms with van der Waals surface area (Å²) in [5, 5.41) is 8.82. The van der Waals surface area contributed by atoms with Crippen LogP contribution in [-0.2, 0) is 10.8 Å². The summed E-state index contributed by atoms with van der Waals surface area (Å²) in [6.45, 7) is 0. The Hall–Kier alpha value is -1.36. The number of hydrogen-bond acceptors (Lipinski definition) is 3. The number of rotatable bonds is 3. The largest absolute Gasteiger partial charge is 0.496 e. The monoisotopic (exact) mass is 214 g/mol. The van der Waals surface area contributed by atoms with Gasteiger partial charge in [-0.2, -0.15) is 0 Å². The Morgan fingerprint density at radius 2 is 2.14 bits per heavy atom. The van der Waals surface area contributed by atoms with Gasteiger partial charge < -0.3 is 9.84 Å². The molecule has 0 aliphatic carbocycles. The van der Waals surface area contributed by atoms with Crippen molar-refractivity contribution in [3.8, 4) is 5.75 Å². The Morgan fingerprint density at radius 3 is 2.57 bits per heavy atom. The lowest BCUT2D eigenvalue weighted by molar-refractivity contribution is 0.0693. The van der Waals surface area contributed by atoms with Gasteiger partial charge in [0.25, 0.3) is 0 Å². The average molecular weight is 214 g/mol. The highest BCUT2D eigenvalue weighted by atomic mass is 32.2. The van der Waals surface area contributed by atoms with Crippen LogP contribution in [0.3, 0.4) is 0 Å². The number of ether oxygens (including phenoxy) is 1. The third-order valence-electron chi connectivity index (χ3n) is 1.73. The molecule has 5 heteroatoms. The lowest BCUT2D eigenvalue weighted by Crippen LogP contribution is -2.02. The van der Waals surface area contributed by atoms with Crippen LogP contribution in [0.25, 0.3) is 0 Å². The molecule has 14 heavy (non-hydrogen) atoms. The number of carboxylic acids is 1. The van der Waals surface area contributed by atoms with Crippen LogP contribution in [0.1, 0.15) is 10.4 Å². The lowest BCUT2D eigenvalue weighted by Gasteiger charge is -2.05. The molecule has 0 aliphatic heterocycles. The van der Waals surface area contributed by atoms with Gasteiger partial charge in [-0.05, 0) is 18.2 Å². The van der Waals surface area contributed by atoms with Gasteiger partial charge in [-0.25, -0.2) is 4.79 Å². The molecule has 1 aromatic rings. The summed E-state index contributed by atoms with van der Waals surface area (Å²) in [6, 6.07) is 4.44. The molecule has 0 saturated carbocycles. The van der Waals surface area contributed by atoms with E-state index in [1.165, 1.54) is 25.5 Å². The van der Waals surface area contributed by atoms with Crippen LogP contribution in [0.2, 0.25) is 0 Å². The van der Waals surface area contributed by atoms with Crippen molar-refractivity contribution in [2.45, 2.75) is 4.90 Å². The summed E-state index contributed by atoms with van der Waals surface area (Å²) in [5.41, 5.74) is 0.0280. The van der Waals surface area contributed by atoms with Crippen LogP contribution in [0.4, 0.5) is 0 Å². The van der Waals surface area contributed by atoms with Crippen molar-refractivity contribution in [1.29, 1.82) is 0 Å². The smallest absolute Gasteiger partial charge is 0.339 e. The van der Waals surface area contributed by atoms with Crippen LogP contribution in [0.15, 0.2) is 23.1 Å². The van der Waals surface area contributed by atoms with Crippen LogP contribution in [0.5, 0.6) is 5.75 Å². The standard InChI is InChI=1S/C9H10O4S/c1-13-8-4-3-6(14(2)12)5-7(8)9(10)11/h3-5H,1-2H3,(H,10,11)/t14-/m0/s1. The van der Waals surface area contributed by atoms with Crippen molar-refractivity contribution in [3.63, 3.8) is 0 Å². The van der Waals surface area contributed by atoms with Gasteiger partial charge in [0.1, 0.15) is 11.3 Å². The molecule has 1 atom stereocenters. The van der Waals surface area contributed by atoms with E-state index in [0.29, 0.717) is 4.90 Å². The van der Waals surface area contributed by atoms with Gasteiger partial charge in [0.15, 0.2) is 0 Å². The van der Waals surface area contributed by atoms with Gasteiger partial charge in [0.05, 0.1) is 7.11 Å². The summed E-state index contributed by atoms with van der Waals surface area (Å²) >= 11 is 0. The first kappa shape index (κ1) is 10.7. The normalized spacial score (nSPS) is 12.1. The Kier molecular flexibility index (Phi) is 3.24. The Bertz CT molecular complexity index is 386. The van der Waals surface area contributed by atoms with Gasteiger partial charge in [0.2, 0.25) is 0 Å². The van der Waals surface area contributed by atoms with E-state index in [0.717, 1.165) is 0 Å². The highest BCUT2D eigenvalue weighted by Gasteiger charge is 2.12. The van der Waals surface area contributed by atoms with Crippen molar-refractivity contribution in [2.24, 2.45) is 0 Å². The molecular formula is C9H10O4S. The Balaban J connectivity index is 3.27. The molecule has 0 fully saturated rings. The minimum Gasteiger partial charge on any atom is -0.496 e. The van der Waals surface area contributed by atoms with Gasteiger partial charge in [-0.15, -0.1) is 0 Å². The maximum absolute atomic E-state index is 11.1. The molecule has 0 unspecified atom stereocenters. The molecule has 0 heterocycles. The predicted molar refractivity (Wildman–Crippen MR) is 52.3 cm³/mol. The number of carboxylic acid groups (broad SMARTS) is 1. The van der Waals surface area contributed by atoms with Crippen molar-refractivity contribution in [2.75, 3.05) is 13.4 Å². The maximum Gasteiger partial charge on any atom is 0.339 e. The molecule has 1 rings (SSSR count). The van der Waals surface area contributed by atoms with Crippen molar-refractivity contribution in [1.82, 2.24) is 0 Å². The highest BCUT2D eigenvalue weighted by Crippen LogP contribution is 2.21. The molecule has 76 valence electrons. The van der Waals surface area contributed by atoms with Crippen LogP contribution in [0, 0.1) is 0 Å². The van der Waals surface area contributed by atoms with E-state index in [1.54, 1.807) is 6.07 Å². The molecule has 0 aromatic heterocycles. The fourth-order valence-corrected chi connectivity index (χ4v) is 1.58. The maximum atomic E-state index is 11.1. The van der Waals surface area contributed by atoms with Gasteiger partial charge in [-0.3, -0.25) is 4.21 Å². The van der Waals surface area contributed by atoms with Gasteiger partial charge >= 0.3 is 5.97 Å². The third-order valence-corrected chi connectivity index (χ3v) is 2.65. The molecule has 0 radical (unpaired) electrons. The summed E-state index contributed by atoms with van der Waals surface area (Å²) in [7, 11) is 0.208. The molecule has 4 nitrogen and oxygen atoms in total. The van der Waals surface area contributed by atoms with E-state index < -0.39 is 16.8 Å². The molecule has 0 bridgehead atoms. The van der Waals surface area contributed by atoms with Crippen molar-refractivity contribution < 1.29 is 18.8 Å². The highest BCUT2D eigenvalue weighted by molar-refractivity contribution is 7.84. The molecule has 0 aliphatic rings. The summed E-state index contributed by atoms with van der Waals surface area (Å²) in [4.78, 5) is 11.3. The van der Waals surface area contributed by atoms with E-state index >= 15 is 0 Å². The van der Waals surface area contributed by atoms with E-state index in [1.807, 2.05) is 0 Å². The number of hydrogen-bond donors (Lipinski definition) is 1. The average Bonchev–Trinajstić information content (AvgIpc) is 2.16. The van der Waals surface area contributed by atoms with Crippen molar-refractivity contribution in [3.05, 3.63) is 23.8 Å². The molecular weight excluding hydrogens is 204 g/mol. The zero-order valence-electron chi connectivity index (χ0n) is 7.81. The number of benzene rings is 1. The van der Waals surface area contributed by atoms with Crippen LogP contribution in [-0.4, -0.2) is 28.7 Å². The second kappa shape index (κ2) is 4.23. The Labute approximate surface area is 84.0 Å². The number of carbonyl (C=O) groups is 1. The minimum absolute atomic E-state index is 0.0280. The second-order valence-electron chi connectivity index (χ2n) is 2.62. The van der Waals surface area contributed by atoms with Crippen molar-refractivity contribution >= 4 is 16.8 Å². The fourth-order valence-electron chi connectivity index (χ4n) is 1.03. The van der Waals surface area contributed by atoms with Gasteiger partial charge in [-0.1, -0.05) is 0 Å². The first-order chi connectivity index (χ1) is 6.56. The first-order valence-electron chi connectivity index (χ1n) is 3.81. The summed E-state index contributed by atoms with van der Waals surface area (Å²) < 4.78 is 16.0.